The molecule has 1 aromatic carbocycles. The summed E-state index contributed by atoms with van der Waals surface area (Å²) in [5, 5.41) is 12.2. The molecule has 0 fully saturated rings. The molecule has 0 aromatic heterocycles. The number of benzene rings is 1. The standard InChI is InChI=1S/C17H27NO3/c1-5-17(6-2,9-10-19)12-18-16(20)15-8-7-14(21-4)11-13(15)3/h7-8,11,19H,5-6,9-10,12H2,1-4H3,(H,18,20). The Hall–Kier alpha value is -1.55. The number of aliphatic hydroxyl groups is 1. The maximum absolute atomic E-state index is 12.3. The highest BCUT2D eigenvalue weighted by atomic mass is 16.5. The van der Waals surface area contributed by atoms with E-state index in [0.29, 0.717) is 18.5 Å². The fraction of sp³-hybridized carbons (Fsp3) is 0.588. The van der Waals surface area contributed by atoms with E-state index in [9.17, 15) is 9.90 Å². The van der Waals surface area contributed by atoms with Crippen LogP contribution in [0.4, 0.5) is 0 Å². The van der Waals surface area contributed by atoms with Crippen LogP contribution < -0.4 is 10.1 Å². The summed E-state index contributed by atoms with van der Waals surface area (Å²) in [6.45, 7) is 6.84. The number of methoxy groups -OCH3 is 1. The van der Waals surface area contributed by atoms with E-state index in [1.807, 2.05) is 13.0 Å². The second-order valence-corrected chi connectivity index (χ2v) is 5.54. The van der Waals surface area contributed by atoms with Gasteiger partial charge in [-0.3, -0.25) is 4.79 Å². The summed E-state index contributed by atoms with van der Waals surface area (Å²) >= 11 is 0. The number of ether oxygens (including phenoxy) is 1. The lowest BCUT2D eigenvalue weighted by atomic mass is 9.79. The Morgan fingerprint density at radius 1 is 1.33 bits per heavy atom. The fourth-order valence-electron chi connectivity index (χ4n) is 2.56. The Bertz CT molecular complexity index is 467. The third kappa shape index (κ3) is 4.46. The van der Waals surface area contributed by atoms with Gasteiger partial charge in [0.25, 0.3) is 5.91 Å². The van der Waals surface area contributed by atoms with Crippen molar-refractivity contribution in [2.75, 3.05) is 20.3 Å². The second kappa shape index (κ2) is 8.03. The first-order chi connectivity index (χ1) is 10.0. The van der Waals surface area contributed by atoms with Crippen molar-refractivity contribution >= 4 is 5.91 Å². The van der Waals surface area contributed by atoms with Crippen molar-refractivity contribution in [2.24, 2.45) is 5.41 Å². The van der Waals surface area contributed by atoms with Gasteiger partial charge in [0.15, 0.2) is 0 Å². The minimum Gasteiger partial charge on any atom is -0.497 e. The lowest BCUT2D eigenvalue weighted by Gasteiger charge is -2.31. The van der Waals surface area contributed by atoms with Gasteiger partial charge in [-0.25, -0.2) is 0 Å². The molecular formula is C17H27NO3. The maximum Gasteiger partial charge on any atom is 0.251 e. The summed E-state index contributed by atoms with van der Waals surface area (Å²) < 4.78 is 5.15. The van der Waals surface area contributed by atoms with E-state index < -0.39 is 0 Å². The molecule has 0 radical (unpaired) electrons. The summed E-state index contributed by atoms with van der Waals surface area (Å²) in [7, 11) is 1.61. The predicted octanol–water partition coefficient (Wildman–Crippen LogP) is 2.92. The smallest absolute Gasteiger partial charge is 0.251 e. The van der Waals surface area contributed by atoms with Crippen LogP contribution in [-0.4, -0.2) is 31.3 Å². The van der Waals surface area contributed by atoms with Gasteiger partial charge in [0.05, 0.1) is 7.11 Å². The predicted molar refractivity (Wildman–Crippen MR) is 84.8 cm³/mol. The van der Waals surface area contributed by atoms with Crippen molar-refractivity contribution in [3.8, 4) is 5.75 Å². The maximum atomic E-state index is 12.3. The molecule has 0 aliphatic rings. The van der Waals surface area contributed by atoms with Crippen LogP contribution >= 0.6 is 0 Å². The Morgan fingerprint density at radius 3 is 2.48 bits per heavy atom. The lowest BCUT2D eigenvalue weighted by molar-refractivity contribution is 0.0906. The zero-order valence-electron chi connectivity index (χ0n) is 13.5. The summed E-state index contributed by atoms with van der Waals surface area (Å²) in [5.41, 5.74) is 1.54. The van der Waals surface area contributed by atoms with Gasteiger partial charge in [0.2, 0.25) is 0 Å². The van der Waals surface area contributed by atoms with Crippen molar-refractivity contribution in [1.82, 2.24) is 5.32 Å². The number of carbonyl (C=O) groups excluding carboxylic acids is 1. The van der Waals surface area contributed by atoms with E-state index in [4.69, 9.17) is 4.74 Å². The summed E-state index contributed by atoms with van der Waals surface area (Å²) in [5.74, 6) is 0.681. The minimum atomic E-state index is -0.0700. The Morgan fingerprint density at radius 2 is 2.00 bits per heavy atom. The lowest BCUT2D eigenvalue weighted by Crippen LogP contribution is -2.37. The Balaban J connectivity index is 2.77. The molecule has 0 aliphatic heterocycles. The summed E-state index contributed by atoms with van der Waals surface area (Å²) in [4.78, 5) is 12.3. The molecule has 4 heteroatoms. The highest BCUT2D eigenvalue weighted by Gasteiger charge is 2.26. The third-order valence-electron chi connectivity index (χ3n) is 4.44. The molecular weight excluding hydrogens is 266 g/mol. The van der Waals surface area contributed by atoms with Crippen molar-refractivity contribution < 1.29 is 14.6 Å². The number of hydrogen-bond acceptors (Lipinski definition) is 3. The van der Waals surface area contributed by atoms with Crippen LogP contribution in [0.25, 0.3) is 0 Å². The SMILES string of the molecule is CCC(CC)(CCO)CNC(=O)c1ccc(OC)cc1C. The summed E-state index contributed by atoms with van der Waals surface area (Å²) in [6, 6.07) is 5.44. The van der Waals surface area contributed by atoms with Crippen LogP contribution in [0.3, 0.4) is 0 Å². The van der Waals surface area contributed by atoms with Crippen molar-refractivity contribution in [2.45, 2.75) is 40.0 Å². The van der Waals surface area contributed by atoms with Gasteiger partial charge in [0, 0.05) is 18.7 Å². The van der Waals surface area contributed by atoms with E-state index >= 15 is 0 Å². The molecule has 21 heavy (non-hydrogen) atoms. The van der Waals surface area contributed by atoms with Crippen LogP contribution in [-0.2, 0) is 0 Å². The largest absolute Gasteiger partial charge is 0.497 e. The molecule has 0 spiro atoms. The molecule has 0 saturated carbocycles. The van der Waals surface area contributed by atoms with E-state index in [0.717, 1.165) is 24.2 Å². The van der Waals surface area contributed by atoms with Crippen molar-refractivity contribution in [1.29, 1.82) is 0 Å². The zero-order valence-corrected chi connectivity index (χ0v) is 13.5. The number of carbonyl (C=O) groups is 1. The van der Waals surface area contributed by atoms with Gasteiger partial charge in [0.1, 0.15) is 5.75 Å². The van der Waals surface area contributed by atoms with E-state index in [1.165, 1.54) is 0 Å². The average molecular weight is 293 g/mol. The highest BCUT2D eigenvalue weighted by molar-refractivity contribution is 5.95. The van der Waals surface area contributed by atoms with Gasteiger partial charge in [-0.2, -0.15) is 0 Å². The minimum absolute atomic E-state index is 0.0230. The average Bonchev–Trinajstić information content (AvgIpc) is 2.51. The van der Waals surface area contributed by atoms with E-state index in [2.05, 4.69) is 19.2 Å². The highest BCUT2D eigenvalue weighted by Crippen LogP contribution is 2.29. The van der Waals surface area contributed by atoms with Gasteiger partial charge < -0.3 is 15.2 Å². The van der Waals surface area contributed by atoms with Crippen LogP contribution in [0.1, 0.15) is 49.0 Å². The normalized spacial score (nSPS) is 11.3. The molecule has 0 aliphatic carbocycles. The van der Waals surface area contributed by atoms with Crippen LogP contribution in [0.5, 0.6) is 5.75 Å². The molecule has 0 bridgehead atoms. The molecule has 2 N–H and O–H groups in total. The number of nitrogens with one attached hydrogen (secondary N) is 1. The second-order valence-electron chi connectivity index (χ2n) is 5.54. The molecule has 0 heterocycles. The quantitative estimate of drug-likeness (QED) is 0.775. The van der Waals surface area contributed by atoms with Crippen LogP contribution in [0, 0.1) is 12.3 Å². The molecule has 1 aromatic rings. The first-order valence-electron chi connectivity index (χ1n) is 7.55. The number of rotatable bonds is 8. The molecule has 1 amide bonds. The first kappa shape index (κ1) is 17.5. The molecule has 1 rings (SSSR count). The van der Waals surface area contributed by atoms with Gasteiger partial charge in [-0.05, 0) is 55.4 Å². The van der Waals surface area contributed by atoms with Gasteiger partial charge in [-0.1, -0.05) is 13.8 Å². The van der Waals surface area contributed by atoms with E-state index in [1.54, 1.807) is 19.2 Å². The molecule has 0 saturated heterocycles. The van der Waals surface area contributed by atoms with Crippen molar-refractivity contribution in [3.63, 3.8) is 0 Å². The number of aliphatic hydroxyl groups excluding tert-OH is 1. The monoisotopic (exact) mass is 293 g/mol. The van der Waals surface area contributed by atoms with Crippen LogP contribution in [0.2, 0.25) is 0 Å². The van der Waals surface area contributed by atoms with Crippen LogP contribution in [0.15, 0.2) is 18.2 Å². The fourth-order valence-corrected chi connectivity index (χ4v) is 2.56. The van der Waals surface area contributed by atoms with Crippen molar-refractivity contribution in [3.05, 3.63) is 29.3 Å². The topological polar surface area (TPSA) is 58.6 Å². The number of hydrogen-bond donors (Lipinski definition) is 2. The van der Waals surface area contributed by atoms with Gasteiger partial charge in [-0.15, -0.1) is 0 Å². The Kier molecular flexibility index (Phi) is 6.69. The Labute approximate surface area is 127 Å². The molecule has 118 valence electrons. The number of amides is 1. The molecule has 0 atom stereocenters. The molecule has 0 unspecified atom stereocenters. The first-order valence-corrected chi connectivity index (χ1v) is 7.55. The van der Waals surface area contributed by atoms with E-state index in [-0.39, 0.29) is 17.9 Å². The van der Waals surface area contributed by atoms with Gasteiger partial charge >= 0.3 is 0 Å². The zero-order chi connectivity index (χ0) is 15.9. The summed E-state index contributed by atoms with van der Waals surface area (Å²) in [6.07, 6.45) is 2.58. The number of aryl methyl sites for hydroxylation is 1. The third-order valence-corrected chi connectivity index (χ3v) is 4.44. The molecule has 4 nitrogen and oxygen atoms in total.